The molecule has 136 valence electrons. The van der Waals surface area contributed by atoms with Crippen molar-refractivity contribution in [1.29, 1.82) is 0 Å². The lowest BCUT2D eigenvalue weighted by molar-refractivity contribution is -0.144. The summed E-state index contributed by atoms with van der Waals surface area (Å²) in [6.45, 7) is 8.28. The molecular weight excluding hydrogens is 383 g/mol. The lowest BCUT2D eigenvalue weighted by Crippen LogP contribution is -2.41. The topological polar surface area (TPSA) is 44.8 Å². The van der Waals surface area contributed by atoms with E-state index in [4.69, 9.17) is 14.0 Å². The van der Waals surface area contributed by atoms with E-state index in [0.29, 0.717) is 0 Å². The summed E-state index contributed by atoms with van der Waals surface area (Å²) in [7, 11) is -0.520. The molecule has 0 bridgehead atoms. The van der Waals surface area contributed by atoms with Gasteiger partial charge in [0, 0.05) is 5.33 Å². The molecule has 1 aliphatic heterocycles. The van der Waals surface area contributed by atoms with Gasteiger partial charge < -0.3 is 14.0 Å². The molecule has 1 fully saturated rings. The first-order valence-corrected chi connectivity index (χ1v) is 9.67. The Morgan fingerprint density at radius 2 is 1.76 bits per heavy atom. The molecular formula is C19H26BBrO4. The zero-order chi connectivity index (χ0) is 18.5. The van der Waals surface area contributed by atoms with Crippen LogP contribution in [0.4, 0.5) is 0 Å². The molecule has 0 unspecified atom stereocenters. The molecule has 0 aliphatic carbocycles. The minimum Gasteiger partial charge on any atom is -0.461 e. The van der Waals surface area contributed by atoms with Gasteiger partial charge in [-0.3, -0.25) is 4.79 Å². The van der Waals surface area contributed by atoms with Gasteiger partial charge >= 0.3 is 13.1 Å². The van der Waals surface area contributed by atoms with E-state index in [1.54, 1.807) is 0 Å². The summed E-state index contributed by atoms with van der Waals surface area (Å²) in [6, 6.07) is 9.65. The maximum Gasteiger partial charge on any atom is 0.490 e. The lowest BCUT2D eigenvalue weighted by atomic mass is 9.75. The second-order valence-corrected chi connectivity index (χ2v) is 7.96. The first kappa shape index (κ1) is 20.2. The van der Waals surface area contributed by atoms with Crippen molar-refractivity contribution in [2.75, 3.05) is 5.33 Å². The van der Waals surface area contributed by atoms with Crippen molar-refractivity contribution < 1.29 is 18.8 Å². The Labute approximate surface area is 159 Å². The summed E-state index contributed by atoms with van der Waals surface area (Å²) in [4.78, 5) is 12.3. The highest BCUT2D eigenvalue weighted by atomic mass is 79.9. The van der Waals surface area contributed by atoms with E-state index in [1.165, 1.54) is 0 Å². The van der Waals surface area contributed by atoms with E-state index in [-0.39, 0.29) is 19.0 Å². The smallest absolute Gasteiger partial charge is 0.461 e. The number of carbonyl (C=O) groups is 1. The van der Waals surface area contributed by atoms with E-state index in [2.05, 4.69) is 15.9 Å². The molecule has 1 aromatic carbocycles. The third-order valence-electron chi connectivity index (χ3n) is 4.66. The van der Waals surface area contributed by atoms with Crippen LogP contribution in [0.3, 0.4) is 0 Å². The molecule has 25 heavy (non-hydrogen) atoms. The standard InChI is InChI=1S/C19H26BBrO4/c1-18(2)19(3,4)25-20(24-18)16(11-8-12-21)13-17(22)23-14-15-9-6-5-7-10-15/h5-7,9-11H,8,12-14H2,1-4H3/b16-11-. The van der Waals surface area contributed by atoms with Gasteiger partial charge in [0.05, 0.1) is 17.6 Å². The molecule has 0 aromatic heterocycles. The number of benzene rings is 1. The van der Waals surface area contributed by atoms with E-state index < -0.39 is 18.3 Å². The molecule has 1 saturated heterocycles. The largest absolute Gasteiger partial charge is 0.490 e. The summed E-state index contributed by atoms with van der Waals surface area (Å²) < 4.78 is 17.5. The van der Waals surface area contributed by atoms with Crippen LogP contribution in [0.1, 0.15) is 46.1 Å². The molecule has 1 aliphatic rings. The number of alkyl halides is 1. The molecule has 0 amide bonds. The van der Waals surface area contributed by atoms with Crippen molar-refractivity contribution >= 4 is 29.0 Å². The van der Waals surface area contributed by atoms with E-state index in [1.807, 2.05) is 64.1 Å². The number of carbonyl (C=O) groups excluding carboxylic acids is 1. The summed E-state index contributed by atoms with van der Waals surface area (Å²) in [6.07, 6.45) is 2.96. The number of esters is 1. The molecule has 0 spiro atoms. The zero-order valence-electron chi connectivity index (χ0n) is 15.4. The molecule has 0 N–H and O–H groups in total. The molecule has 0 radical (unpaired) electrons. The Bertz CT molecular complexity index is 597. The zero-order valence-corrected chi connectivity index (χ0v) is 17.0. The summed E-state index contributed by atoms with van der Waals surface area (Å²) in [5.41, 5.74) is 0.923. The van der Waals surface area contributed by atoms with Crippen molar-refractivity contribution in [3.63, 3.8) is 0 Å². The summed E-state index contributed by atoms with van der Waals surface area (Å²) in [5.74, 6) is -0.278. The normalized spacial score (nSPS) is 19.1. The average Bonchev–Trinajstić information content (AvgIpc) is 2.78. The monoisotopic (exact) mass is 408 g/mol. The number of ether oxygens (including phenoxy) is 1. The van der Waals surface area contributed by atoms with Crippen LogP contribution in [0.5, 0.6) is 0 Å². The molecule has 0 saturated carbocycles. The highest BCUT2D eigenvalue weighted by Gasteiger charge is 2.52. The minimum absolute atomic E-state index is 0.163. The fraction of sp³-hybridized carbons (Fsp3) is 0.526. The number of allylic oxidation sites excluding steroid dienone is 1. The van der Waals surface area contributed by atoms with Crippen LogP contribution in [0.25, 0.3) is 0 Å². The maximum atomic E-state index is 12.3. The lowest BCUT2D eigenvalue weighted by Gasteiger charge is -2.32. The fourth-order valence-electron chi connectivity index (χ4n) is 2.44. The van der Waals surface area contributed by atoms with Crippen LogP contribution in [-0.2, 0) is 25.4 Å². The second kappa shape index (κ2) is 8.52. The van der Waals surface area contributed by atoms with Crippen LogP contribution in [0.15, 0.2) is 41.9 Å². The van der Waals surface area contributed by atoms with Crippen molar-refractivity contribution in [1.82, 2.24) is 0 Å². The van der Waals surface area contributed by atoms with Gasteiger partial charge in [-0.15, -0.1) is 0 Å². The highest BCUT2D eigenvalue weighted by molar-refractivity contribution is 9.09. The molecule has 0 atom stereocenters. The first-order chi connectivity index (χ1) is 11.7. The average molecular weight is 409 g/mol. The fourth-order valence-corrected chi connectivity index (χ4v) is 2.67. The molecule has 4 nitrogen and oxygen atoms in total. The summed E-state index contributed by atoms with van der Waals surface area (Å²) >= 11 is 3.42. The molecule has 1 aromatic rings. The van der Waals surface area contributed by atoms with Crippen molar-refractivity contribution in [2.45, 2.75) is 58.3 Å². The Hall–Kier alpha value is -1.11. The van der Waals surface area contributed by atoms with Crippen LogP contribution < -0.4 is 0 Å². The Morgan fingerprint density at radius 1 is 1.16 bits per heavy atom. The van der Waals surface area contributed by atoms with E-state index in [0.717, 1.165) is 22.8 Å². The van der Waals surface area contributed by atoms with Gasteiger partial charge in [0.15, 0.2) is 0 Å². The maximum absolute atomic E-state index is 12.3. The van der Waals surface area contributed by atoms with Gasteiger partial charge in [-0.1, -0.05) is 52.3 Å². The molecule has 6 heteroatoms. The van der Waals surface area contributed by atoms with Crippen LogP contribution in [0.2, 0.25) is 0 Å². The van der Waals surface area contributed by atoms with Gasteiger partial charge in [0.25, 0.3) is 0 Å². The van der Waals surface area contributed by atoms with Gasteiger partial charge in [-0.05, 0) is 45.2 Å². The van der Waals surface area contributed by atoms with Crippen LogP contribution in [0, 0.1) is 0 Å². The van der Waals surface area contributed by atoms with Crippen molar-refractivity contribution in [3.05, 3.63) is 47.4 Å². The van der Waals surface area contributed by atoms with E-state index >= 15 is 0 Å². The van der Waals surface area contributed by atoms with Gasteiger partial charge in [-0.2, -0.15) is 0 Å². The summed E-state index contributed by atoms with van der Waals surface area (Å²) in [5, 5.41) is 0.815. The van der Waals surface area contributed by atoms with Gasteiger partial charge in [0.2, 0.25) is 0 Å². The Kier molecular flexibility index (Phi) is 6.89. The van der Waals surface area contributed by atoms with Crippen LogP contribution >= 0.6 is 15.9 Å². The van der Waals surface area contributed by atoms with E-state index in [9.17, 15) is 4.79 Å². The third kappa shape index (κ3) is 5.43. The quantitative estimate of drug-likeness (QED) is 0.379. The minimum atomic E-state index is -0.520. The van der Waals surface area contributed by atoms with Gasteiger partial charge in [0.1, 0.15) is 6.61 Å². The van der Waals surface area contributed by atoms with Crippen molar-refractivity contribution in [3.8, 4) is 0 Å². The third-order valence-corrected chi connectivity index (χ3v) is 5.12. The number of halogens is 1. The molecule has 2 rings (SSSR count). The van der Waals surface area contributed by atoms with Gasteiger partial charge in [-0.25, -0.2) is 0 Å². The van der Waals surface area contributed by atoms with Crippen molar-refractivity contribution in [2.24, 2.45) is 0 Å². The second-order valence-electron chi connectivity index (χ2n) is 7.17. The number of hydrogen-bond acceptors (Lipinski definition) is 4. The highest BCUT2D eigenvalue weighted by Crippen LogP contribution is 2.39. The molecule has 1 heterocycles. The predicted octanol–water partition coefficient (Wildman–Crippen LogP) is 4.46. The Morgan fingerprint density at radius 3 is 2.32 bits per heavy atom. The Balaban J connectivity index is 2.00. The first-order valence-electron chi connectivity index (χ1n) is 8.55. The number of rotatable bonds is 7. The number of hydrogen-bond donors (Lipinski definition) is 0. The SMILES string of the molecule is CC1(C)OB(/C(=C\CCBr)CC(=O)OCc2ccccc2)OC1(C)C. The predicted molar refractivity (Wildman–Crippen MR) is 103 cm³/mol. The van der Waals surface area contributed by atoms with Crippen LogP contribution in [-0.4, -0.2) is 29.6 Å².